The van der Waals surface area contributed by atoms with E-state index in [0.29, 0.717) is 6.54 Å². The largest absolute Gasteiger partial charge is 0.297 e. The van der Waals surface area contributed by atoms with Gasteiger partial charge in [0, 0.05) is 24.3 Å². The molecule has 0 amide bonds. The predicted octanol–water partition coefficient (Wildman–Crippen LogP) is 1.72. The van der Waals surface area contributed by atoms with Crippen LogP contribution in [0.2, 0.25) is 0 Å². The summed E-state index contributed by atoms with van der Waals surface area (Å²) in [6.07, 6.45) is 3.92. The summed E-state index contributed by atoms with van der Waals surface area (Å²) in [7, 11) is 4.54. The molecule has 6 nitrogen and oxygen atoms in total. The van der Waals surface area contributed by atoms with Crippen LogP contribution in [0.3, 0.4) is 0 Å². The first-order valence-electron chi connectivity index (χ1n) is 5.55. The van der Waals surface area contributed by atoms with Crippen molar-refractivity contribution in [3.05, 3.63) is 23.5 Å². The fourth-order valence-electron chi connectivity index (χ4n) is 1.69. The van der Waals surface area contributed by atoms with Crippen molar-refractivity contribution < 1.29 is 4.57 Å². The molecule has 0 saturated carbocycles. The van der Waals surface area contributed by atoms with Gasteiger partial charge in [-0.25, -0.2) is 19.4 Å². The van der Waals surface area contributed by atoms with Crippen LogP contribution in [0.1, 0.15) is 5.69 Å². The van der Waals surface area contributed by atoms with Crippen LogP contribution >= 0.6 is 18.9 Å². The van der Waals surface area contributed by atoms with Crippen LogP contribution in [-0.2, 0) is 11.1 Å². The van der Waals surface area contributed by atoms with Gasteiger partial charge in [0.25, 0.3) is 7.59 Å². The monoisotopic (exact) mass is 287 g/mol. The smallest absolute Gasteiger partial charge is 0.283 e. The van der Waals surface area contributed by atoms with Crippen molar-refractivity contribution in [3.8, 4) is 0 Å². The van der Waals surface area contributed by atoms with E-state index in [1.807, 2.05) is 22.2 Å². The van der Waals surface area contributed by atoms with Gasteiger partial charge in [0.2, 0.25) is 0 Å². The first-order valence-corrected chi connectivity index (χ1v) is 8.04. The Hall–Kier alpha value is -0.720. The summed E-state index contributed by atoms with van der Waals surface area (Å²) >= 11 is 1.59. The second kappa shape index (κ2) is 5.11. The Morgan fingerprint density at radius 1 is 1.39 bits per heavy atom. The first-order chi connectivity index (χ1) is 8.43. The van der Waals surface area contributed by atoms with Gasteiger partial charge in [-0.1, -0.05) is 0 Å². The molecule has 2 aromatic rings. The molecule has 0 spiro atoms. The molecule has 0 aliphatic rings. The number of fused-ring (bicyclic) bond motifs is 1. The number of nitrogens with zero attached hydrogens (tertiary/aromatic N) is 4. The predicted molar refractivity (Wildman–Crippen MR) is 74.9 cm³/mol. The van der Waals surface area contributed by atoms with E-state index in [2.05, 4.69) is 10.1 Å². The average Bonchev–Trinajstić information content (AvgIpc) is 2.85. The van der Waals surface area contributed by atoms with E-state index in [4.69, 9.17) is 0 Å². The van der Waals surface area contributed by atoms with Crippen molar-refractivity contribution in [3.63, 3.8) is 0 Å². The molecule has 2 rings (SSSR count). The molecule has 0 aliphatic heterocycles. The quantitative estimate of drug-likeness (QED) is 0.849. The standard InChI is InChI=1S/C10H18N5OPS/c1-13(2)17(16,14(3)4)11-7-9-8-15-5-6-18-10(15)12-9/h5-6,8H,7H2,1-4H3,(H,11,16). The number of nitrogens with one attached hydrogen (secondary N) is 1. The van der Waals surface area contributed by atoms with Gasteiger partial charge < -0.3 is 0 Å². The summed E-state index contributed by atoms with van der Waals surface area (Å²) in [4.78, 5) is 5.41. The molecule has 2 aromatic heterocycles. The summed E-state index contributed by atoms with van der Waals surface area (Å²) in [5.74, 6) is 0. The van der Waals surface area contributed by atoms with Gasteiger partial charge in [0.15, 0.2) is 4.96 Å². The van der Waals surface area contributed by atoms with E-state index < -0.39 is 7.59 Å². The second-order valence-corrected chi connectivity index (χ2v) is 8.28. The lowest BCUT2D eigenvalue weighted by Crippen LogP contribution is -2.30. The molecule has 0 aliphatic carbocycles. The molecule has 0 radical (unpaired) electrons. The summed E-state index contributed by atoms with van der Waals surface area (Å²) in [5.41, 5.74) is 0.894. The zero-order valence-corrected chi connectivity index (χ0v) is 12.7. The van der Waals surface area contributed by atoms with E-state index in [1.54, 1.807) is 48.9 Å². The third-order valence-corrected chi connectivity index (χ3v) is 6.20. The van der Waals surface area contributed by atoms with Gasteiger partial charge in [0.1, 0.15) is 0 Å². The highest BCUT2D eigenvalue weighted by Crippen LogP contribution is 2.44. The van der Waals surface area contributed by atoms with Crippen molar-refractivity contribution in [2.45, 2.75) is 6.54 Å². The topological polar surface area (TPSA) is 52.9 Å². The molecular formula is C10H18N5OPS. The molecule has 2 heterocycles. The fraction of sp³-hybridized carbons (Fsp3) is 0.500. The minimum atomic E-state index is -2.68. The van der Waals surface area contributed by atoms with E-state index in [0.717, 1.165) is 10.7 Å². The van der Waals surface area contributed by atoms with E-state index in [9.17, 15) is 4.57 Å². The lowest BCUT2D eigenvalue weighted by atomic mass is 10.5. The van der Waals surface area contributed by atoms with Crippen LogP contribution in [-0.4, -0.2) is 46.9 Å². The Balaban J connectivity index is 2.10. The molecule has 0 atom stereocenters. The van der Waals surface area contributed by atoms with Crippen LogP contribution in [0.4, 0.5) is 0 Å². The van der Waals surface area contributed by atoms with Gasteiger partial charge in [0.05, 0.1) is 5.69 Å². The normalized spacial score (nSPS) is 13.0. The lowest BCUT2D eigenvalue weighted by Gasteiger charge is -2.30. The maximum Gasteiger partial charge on any atom is 0.283 e. The molecule has 100 valence electrons. The zero-order chi connectivity index (χ0) is 13.3. The van der Waals surface area contributed by atoms with Gasteiger partial charge >= 0.3 is 0 Å². The third-order valence-electron chi connectivity index (χ3n) is 2.69. The maximum atomic E-state index is 12.6. The number of imidazole rings is 1. The first kappa shape index (κ1) is 13.7. The van der Waals surface area contributed by atoms with Crippen molar-refractivity contribution in [1.82, 2.24) is 23.8 Å². The lowest BCUT2D eigenvalue weighted by molar-refractivity contribution is 0.431. The minimum Gasteiger partial charge on any atom is -0.297 e. The molecule has 0 aromatic carbocycles. The Bertz CT molecular complexity index is 535. The Labute approximate surface area is 111 Å². The molecule has 0 fully saturated rings. The van der Waals surface area contributed by atoms with Crippen molar-refractivity contribution in [2.24, 2.45) is 0 Å². The highest BCUT2D eigenvalue weighted by Gasteiger charge is 2.27. The number of hydrogen-bond donors (Lipinski definition) is 1. The van der Waals surface area contributed by atoms with Crippen LogP contribution in [0.15, 0.2) is 17.8 Å². The number of aromatic nitrogens is 2. The van der Waals surface area contributed by atoms with Crippen molar-refractivity contribution >= 4 is 23.9 Å². The zero-order valence-electron chi connectivity index (χ0n) is 11.0. The van der Waals surface area contributed by atoms with Crippen LogP contribution in [0.5, 0.6) is 0 Å². The van der Waals surface area contributed by atoms with Gasteiger partial charge in [-0.15, -0.1) is 11.3 Å². The molecule has 0 unspecified atom stereocenters. The highest BCUT2D eigenvalue weighted by molar-refractivity contribution is 7.56. The van der Waals surface area contributed by atoms with Gasteiger partial charge in [-0.2, -0.15) is 0 Å². The van der Waals surface area contributed by atoms with Crippen LogP contribution in [0.25, 0.3) is 4.96 Å². The van der Waals surface area contributed by atoms with Gasteiger partial charge in [-0.3, -0.25) is 8.97 Å². The van der Waals surface area contributed by atoms with Crippen molar-refractivity contribution in [2.75, 3.05) is 28.2 Å². The second-order valence-electron chi connectivity index (χ2n) is 4.40. The minimum absolute atomic E-state index is 0.488. The van der Waals surface area contributed by atoms with Crippen LogP contribution < -0.4 is 5.09 Å². The highest BCUT2D eigenvalue weighted by atomic mass is 32.1. The van der Waals surface area contributed by atoms with Crippen molar-refractivity contribution in [1.29, 1.82) is 0 Å². The summed E-state index contributed by atoms with van der Waals surface area (Å²) in [6.45, 7) is 0.488. The number of hydrogen-bond acceptors (Lipinski definition) is 3. The number of thiazole rings is 1. The Kier molecular flexibility index (Phi) is 3.89. The Morgan fingerprint density at radius 3 is 2.61 bits per heavy atom. The third kappa shape index (κ3) is 2.50. The Morgan fingerprint density at radius 2 is 2.06 bits per heavy atom. The maximum absolute atomic E-state index is 12.6. The van der Waals surface area contributed by atoms with E-state index in [1.165, 1.54) is 0 Å². The summed E-state index contributed by atoms with van der Waals surface area (Å²) in [6, 6.07) is 0. The molecular weight excluding hydrogens is 269 g/mol. The summed E-state index contributed by atoms with van der Waals surface area (Å²) in [5, 5.41) is 5.09. The van der Waals surface area contributed by atoms with E-state index in [-0.39, 0.29) is 0 Å². The molecule has 8 heteroatoms. The molecule has 18 heavy (non-hydrogen) atoms. The molecule has 1 N–H and O–H groups in total. The summed E-state index contributed by atoms with van der Waals surface area (Å²) < 4.78 is 18.0. The number of rotatable bonds is 5. The SMILES string of the molecule is CN(C)P(=O)(NCc1cn2ccsc2n1)N(C)C. The molecule has 0 bridgehead atoms. The molecule has 0 saturated heterocycles. The van der Waals surface area contributed by atoms with Gasteiger partial charge in [-0.05, 0) is 28.2 Å². The van der Waals surface area contributed by atoms with E-state index >= 15 is 0 Å². The average molecular weight is 287 g/mol. The van der Waals surface area contributed by atoms with Crippen LogP contribution in [0, 0.1) is 0 Å². The fourth-order valence-corrected chi connectivity index (χ4v) is 4.05.